The van der Waals surface area contributed by atoms with Crippen LogP contribution in [-0.4, -0.2) is 26.3 Å². The van der Waals surface area contributed by atoms with Crippen LogP contribution in [0.1, 0.15) is 31.7 Å². The van der Waals surface area contributed by atoms with Gasteiger partial charge in [0.1, 0.15) is 0 Å². The summed E-state index contributed by atoms with van der Waals surface area (Å²) in [7, 11) is 1.59. The Morgan fingerprint density at radius 2 is 1.84 bits per heavy atom. The van der Waals surface area contributed by atoms with Crippen LogP contribution in [0.4, 0.5) is 10.5 Å². The van der Waals surface area contributed by atoms with Crippen LogP contribution in [0.3, 0.4) is 0 Å². The first kappa shape index (κ1) is 18.6. The predicted molar refractivity (Wildman–Crippen MR) is 101 cm³/mol. The number of benzene rings is 2. The molecule has 0 heterocycles. The standard InChI is InChI=1S/C20H26N2O3/c1-4-15(16-9-7-6-8-10-16)14-21-20(23)22-17-11-12-18(24-3)19(13-17)25-5-2/h6-13,15H,4-5,14H2,1-3H3,(H2,21,22,23). The molecule has 2 aromatic carbocycles. The molecule has 0 bridgehead atoms. The van der Waals surface area contributed by atoms with Crippen molar-refractivity contribution in [2.75, 3.05) is 25.6 Å². The third kappa shape index (κ3) is 5.41. The minimum absolute atomic E-state index is 0.234. The summed E-state index contributed by atoms with van der Waals surface area (Å²) in [5.74, 6) is 1.54. The monoisotopic (exact) mass is 342 g/mol. The van der Waals surface area contributed by atoms with Gasteiger partial charge in [-0.25, -0.2) is 4.79 Å². The van der Waals surface area contributed by atoms with Crippen molar-refractivity contribution in [3.8, 4) is 11.5 Å². The zero-order chi connectivity index (χ0) is 18.1. The topological polar surface area (TPSA) is 59.6 Å². The van der Waals surface area contributed by atoms with E-state index in [0.29, 0.717) is 36.3 Å². The molecule has 5 nitrogen and oxygen atoms in total. The maximum Gasteiger partial charge on any atom is 0.319 e. The quantitative estimate of drug-likeness (QED) is 0.747. The number of urea groups is 1. The molecule has 0 aromatic heterocycles. The zero-order valence-corrected chi connectivity index (χ0v) is 15.0. The van der Waals surface area contributed by atoms with Crippen molar-refractivity contribution in [3.05, 3.63) is 54.1 Å². The van der Waals surface area contributed by atoms with Crippen LogP contribution < -0.4 is 20.1 Å². The number of nitrogens with one attached hydrogen (secondary N) is 2. The average molecular weight is 342 g/mol. The molecular weight excluding hydrogens is 316 g/mol. The molecule has 2 amide bonds. The zero-order valence-electron chi connectivity index (χ0n) is 15.0. The molecular formula is C20H26N2O3. The summed E-state index contributed by atoms with van der Waals surface area (Å²) in [5.41, 5.74) is 1.89. The Labute approximate surface area is 149 Å². The largest absolute Gasteiger partial charge is 0.493 e. The maximum absolute atomic E-state index is 12.2. The van der Waals surface area contributed by atoms with Gasteiger partial charge in [0.05, 0.1) is 13.7 Å². The highest BCUT2D eigenvalue weighted by Gasteiger charge is 2.12. The van der Waals surface area contributed by atoms with Crippen LogP contribution in [0, 0.1) is 0 Å². The van der Waals surface area contributed by atoms with E-state index in [1.165, 1.54) is 5.56 Å². The van der Waals surface area contributed by atoms with Gasteiger partial charge in [-0.3, -0.25) is 0 Å². The number of ether oxygens (including phenoxy) is 2. The lowest BCUT2D eigenvalue weighted by Gasteiger charge is -2.17. The lowest BCUT2D eigenvalue weighted by molar-refractivity contribution is 0.251. The average Bonchev–Trinajstić information content (AvgIpc) is 2.64. The van der Waals surface area contributed by atoms with Gasteiger partial charge in [-0.2, -0.15) is 0 Å². The summed E-state index contributed by atoms with van der Waals surface area (Å²) in [6, 6.07) is 15.3. The number of hydrogen-bond acceptors (Lipinski definition) is 3. The normalized spacial score (nSPS) is 11.5. The van der Waals surface area contributed by atoms with Crippen LogP contribution >= 0.6 is 0 Å². The smallest absolute Gasteiger partial charge is 0.319 e. The molecule has 0 aliphatic rings. The van der Waals surface area contributed by atoms with Crippen LogP contribution in [-0.2, 0) is 0 Å². The Morgan fingerprint density at radius 3 is 2.48 bits per heavy atom. The first-order valence-electron chi connectivity index (χ1n) is 8.58. The number of carbonyl (C=O) groups is 1. The summed E-state index contributed by atoms with van der Waals surface area (Å²) >= 11 is 0. The van der Waals surface area contributed by atoms with Crippen molar-refractivity contribution in [2.24, 2.45) is 0 Å². The lowest BCUT2D eigenvalue weighted by atomic mass is 9.97. The Kier molecular flexibility index (Phi) is 7.14. The fourth-order valence-corrected chi connectivity index (χ4v) is 2.64. The first-order valence-corrected chi connectivity index (χ1v) is 8.58. The number of amides is 2. The Bertz CT molecular complexity index is 674. The number of rotatable bonds is 8. The molecule has 1 unspecified atom stereocenters. The molecule has 0 fully saturated rings. The van der Waals surface area contributed by atoms with E-state index in [-0.39, 0.29) is 6.03 Å². The number of hydrogen-bond donors (Lipinski definition) is 2. The van der Waals surface area contributed by atoms with Gasteiger partial charge in [0.25, 0.3) is 0 Å². The van der Waals surface area contributed by atoms with Gasteiger partial charge in [-0.15, -0.1) is 0 Å². The van der Waals surface area contributed by atoms with Gasteiger partial charge < -0.3 is 20.1 Å². The van der Waals surface area contributed by atoms with Crippen molar-refractivity contribution in [1.29, 1.82) is 0 Å². The van der Waals surface area contributed by atoms with Gasteiger partial charge in [-0.05, 0) is 31.0 Å². The van der Waals surface area contributed by atoms with E-state index in [1.807, 2.05) is 25.1 Å². The summed E-state index contributed by atoms with van der Waals surface area (Å²) in [5, 5.41) is 5.78. The lowest BCUT2D eigenvalue weighted by Crippen LogP contribution is -2.32. The Balaban J connectivity index is 1.94. The van der Waals surface area contributed by atoms with Gasteiger partial charge in [0.15, 0.2) is 11.5 Å². The SMILES string of the molecule is CCOc1cc(NC(=O)NCC(CC)c2ccccc2)ccc1OC. The molecule has 2 rings (SSSR count). The minimum atomic E-state index is -0.234. The van der Waals surface area contributed by atoms with E-state index >= 15 is 0 Å². The van der Waals surface area contributed by atoms with Crippen molar-refractivity contribution >= 4 is 11.7 Å². The fourth-order valence-electron chi connectivity index (χ4n) is 2.64. The van der Waals surface area contributed by atoms with Gasteiger partial charge in [-0.1, -0.05) is 37.3 Å². The molecule has 134 valence electrons. The van der Waals surface area contributed by atoms with E-state index in [9.17, 15) is 4.79 Å². The van der Waals surface area contributed by atoms with Crippen molar-refractivity contribution in [3.63, 3.8) is 0 Å². The van der Waals surface area contributed by atoms with Crippen molar-refractivity contribution in [1.82, 2.24) is 5.32 Å². The van der Waals surface area contributed by atoms with Gasteiger partial charge >= 0.3 is 6.03 Å². The molecule has 0 saturated heterocycles. The van der Waals surface area contributed by atoms with E-state index in [0.717, 1.165) is 6.42 Å². The molecule has 2 aromatic rings. The molecule has 5 heteroatoms. The second kappa shape index (κ2) is 9.57. The number of anilines is 1. The third-order valence-corrected chi connectivity index (χ3v) is 3.99. The summed E-state index contributed by atoms with van der Waals surface area (Å²) in [6.45, 7) is 5.14. The molecule has 2 N–H and O–H groups in total. The molecule has 0 spiro atoms. The van der Waals surface area contributed by atoms with E-state index in [4.69, 9.17) is 9.47 Å². The molecule has 0 aliphatic carbocycles. The van der Waals surface area contributed by atoms with Gasteiger partial charge in [0.2, 0.25) is 0 Å². The number of carbonyl (C=O) groups excluding carboxylic acids is 1. The summed E-state index contributed by atoms with van der Waals surface area (Å²) < 4.78 is 10.8. The van der Waals surface area contributed by atoms with E-state index < -0.39 is 0 Å². The van der Waals surface area contributed by atoms with Crippen molar-refractivity contribution in [2.45, 2.75) is 26.2 Å². The van der Waals surface area contributed by atoms with Crippen molar-refractivity contribution < 1.29 is 14.3 Å². The second-order valence-corrected chi connectivity index (χ2v) is 5.65. The predicted octanol–water partition coefficient (Wildman–Crippen LogP) is 4.41. The molecule has 0 aliphatic heterocycles. The molecule has 0 radical (unpaired) electrons. The highest BCUT2D eigenvalue weighted by Crippen LogP contribution is 2.30. The van der Waals surface area contributed by atoms with Crippen LogP contribution in [0.5, 0.6) is 11.5 Å². The summed E-state index contributed by atoms with van der Waals surface area (Å²) in [4.78, 5) is 12.2. The fraction of sp³-hybridized carbons (Fsp3) is 0.350. The molecule has 1 atom stereocenters. The maximum atomic E-state index is 12.2. The van der Waals surface area contributed by atoms with Crippen LogP contribution in [0.2, 0.25) is 0 Å². The minimum Gasteiger partial charge on any atom is -0.493 e. The third-order valence-electron chi connectivity index (χ3n) is 3.99. The summed E-state index contributed by atoms with van der Waals surface area (Å²) in [6.07, 6.45) is 0.960. The van der Waals surface area contributed by atoms with Crippen LogP contribution in [0.25, 0.3) is 0 Å². The Hall–Kier alpha value is -2.69. The van der Waals surface area contributed by atoms with E-state index in [1.54, 1.807) is 25.3 Å². The first-order chi connectivity index (χ1) is 12.2. The molecule has 25 heavy (non-hydrogen) atoms. The highest BCUT2D eigenvalue weighted by atomic mass is 16.5. The van der Waals surface area contributed by atoms with Gasteiger partial charge in [0, 0.05) is 24.2 Å². The van der Waals surface area contributed by atoms with E-state index in [2.05, 4.69) is 29.7 Å². The highest BCUT2D eigenvalue weighted by molar-refractivity contribution is 5.89. The van der Waals surface area contributed by atoms with Crippen LogP contribution in [0.15, 0.2) is 48.5 Å². The number of methoxy groups -OCH3 is 1. The Morgan fingerprint density at radius 1 is 1.08 bits per heavy atom. The molecule has 0 saturated carbocycles. The second-order valence-electron chi connectivity index (χ2n) is 5.65.